The standard InChI is InChI=1S/C33H43FN2O3/c1-7-36(23(4)24-11-15-33(31(34)20-24)39-17-16-35(5)22(2)3)32-21-29(38-6)13-14-30(32)27-9-8-26-19-28(37)12-10-25(26)18-27/h10-15,19-23,27,37H,7-9,16-18H2,1-6H3/t23?,27-/m1/s1. The molecule has 0 aromatic heterocycles. The van der Waals surface area contributed by atoms with Crippen molar-refractivity contribution in [2.75, 3.05) is 38.8 Å². The lowest BCUT2D eigenvalue weighted by molar-refractivity contribution is 0.204. The van der Waals surface area contributed by atoms with Crippen LogP contribution in [-0.4, -0.2) is 49.9 Å². The quantitative estimate of drug-likeness (QED) is 0.284. The Balaban J connectivity index is 1.57. The van der Waals surface area contributed by atoms with Gasteiger partial charge in [0.05, 0.1) is 13.2 Å². The number of methoxy groups -OCH3 is 1. The SMILES string of the molecule is CCN(c1cc(OC)ccc1[C@@H]1CCc2cc(O)ccc2C1)C(C)c1ccc(OCCN(C)C(C)C)c(F)c1. The number of anilines is 1. The van der Waals surface area contributed by atoms with Gasteiger partial charge in [-0.2, -0.15) is 0 Å². The molecule has 210 valence electrons. The Morgan fingerprint density at radius 1 is 1.03 bits per heavy atom. The van der Waals surface area contributed by atoms with Crippen LogP contribution in [0.2, 0.25) is 0 Å². The van der Waals surface area contributed by atoms with Gasteiger partial charge in [-0.15, -0.1) is 0 Å². The van der Waals surface area contributed by atoms with Crippen LogP contribution in [-0.2, 0) is 12.8 Å². The van der Waals surface area contributed by atoms with E-state index >= 15 is 4.39 Å². The van der Waals surface area contributed by atoms with Crippen LogP contribution in [0.1, 0.15) is 68.3 Å². The van der Waals surface area contributed by atoms with E-state index in [2.05, 4.69) is 49.6 Å². The summed E-state index contributed by atoms with van der Waals surface area (Å²) in [5, 5.41) is 9.91. The molecular weight excluding hydrogens is 491 g/mol. The lowest BCUT2D eigenvalue weighted by atomic mass is 9.79. The maximum atomic E-state index is 15.1. The number of hydrogen-bond acceptors (Lipinski definition) is 5. The molecule has 5 nitrogen and oxygen atoms in total. The number of fused-ring (bicyclic) bond motifs is 1. The van der Waals surface area contributed by atoms with Crippen molar-refractivity contribution in [1.82, 2.24) is 4.90 Å². The van der Waals surface area contributed by atoms with E-state index in [1.54, 1.807) is 25.3 Å². The number of nitrogens with zero attached hydrogens (tertiary/aromatic N) is 2. The molecule has 0 radical (unpaired) electrons. The lowest BCUT2D eigenvalue weighted by Crippen LogP contribution is -2.30. The van der Waals surface area contributed by atoms with Gasteiger partial charge < -0.3 is 24.4 Å². The summed E-state index contributed by atoms with van der Waals surface area (Å²) in [6, 6.07) is 17.8. The third-order valence-corrected chi connectivity index (χ3v) is 8.23. The Morgan fingerprint density at radius 2 is 1.82 bits per heavy atom. The second-order valence-electron chi connectivity index (χ2n) is 10.9. The number of likely N-dealkylation sites (N-methyl/N-ethyl adjacent to an activating group) is 1. The lowest BCUT2D eigenvalue weighted by Gasteiger charge is -2.35. The Bertz CT molecular complexity index is 1260. The maximum Gasteiger partial charge on any atom is 0.165 e. The Hall–Kier alpha value is -3.25. The molecule has 6 heteroatoms. The average Bonchev–Trinajstić information content (AvgIpc) is 2.93. The first-order valence-corrected chi connectivity index (χ1v) is 14.1. The molecule has 0 spiro atoms. The summed E-state index contributed by atoms with van der Waals surface area (Å²) in [5.41, 5.74) is 5.82. The fraction of sp³-hybridized carbons (Fsp3) is 0.455. The highest BCUT2D eigenvalue weighted by Crippen LogP contribution is 2.42. The van der Waals surface area contributed by atoms with Crippen LogP contribution in [0, 0.1) is 5.82 Å². The molecule has 1 aliphatic carbocycles. The van der Waals surface area contributed by atoms with Crippen LogP contribution >= 0.6 is 0 Å². The van der Waals surface area contributed by atoms with E-state index in [1.807, 2.05) is 31.3 Å². The molecule has 1 N–H and O–H groups in total. The van der Waals surface area contributed by atoms with Gasteiger partial charge in [0.15, 0.2) is 11.6 Å². The highest BCUT2D eigenvalue weighted by Gasteiger charge is 2.27. The molecular formula is C33H43FN2O3. The monoisotopic (exact) mass is 534 g/mol. The van der Waals surface area contributed by atoms with Gasteiger partial charge in [-0.1, -0.05) is 18.2 Å². The fourth-order valence-electron chi connectivity index (χ4n) is 5.54. The van der Waals surface area contributed by atoms with E-state index in [4.69, 9.17) is 9.47 Å². The molecule has 0 fully saturated rings. The van der Waals surface area contributed by atoms with Crippen LogP contribution in [0.4, 0.5) is 10.1 Å². The topological polar surface area (TPSA) is 45.2 Å². The third-order valence-electron chi connectivity index (χ3n) is 8.23. The predicted molar refractivity (Wildman–Crippen MR) is 157 cm³/mol. The molecule has 3 aromatic rings. The number of phenolic OH excluding ortho intramolecular Hbond substituents is 1. The van der Waals surface area contributed by atoms with Crippen molar-refractivity contribution in [2.45, 2.75) is 65.0 Å². The number of aromatic hydroxyl groups is 1. The van der Waals surface area contributed by atoms with Crippen molar-refractivity contribution >= 4 is 5.69 Å². The van der Waals surface area contributed by atoms with Gasteiger partial charge in [-0.25, -0.2) is 4.39 Å². The molecule has 2 atom stereocenters. The minimum atomic E-state index is -0.333. The zero-order chi connectivity index (χ0) is 28.1. The largest absolute Gasteiger partial charge is 0.508 e. The Labute approximate surface area is 233 Å². The van der Waals surface area contributed by atoms with Crippen LogP contribution in [0.3, 0.4) is 0 Å². The molecule has 39 heavy (non-hydrogen) atoms. The minimum absolute atomic E-state index is 0.0516. The van der Waals surface area contributed by atoms with E-state index in [0.717, 1.165) is 49.4 Å². The summed E-state index contributed by atoms with van der Waals surface area (Å²) < 4.78 is 26.5. The van der Waals surface area contributed by atoms with Crippen molar-refractivity contribution in [1.29, 1.82) is 0 Å². The van der Waals surface area contributed by atoms with Crippen molar-refractivity contribution in [2.24, 2.45) is 0 Å². The zero-order valence-electron chi connectivity index (χ0n) is 24.2. The number of hydrogen-bond donors (Lipinski definition) is 1. The fourth-order valence-corrected chi connectivity index (χ4v) is 5.54. The first kappa shape index (κ1) is 28.8. The van der Waals surface area contributed by atoms with Gasteiger partial charge in [0.25, 0.3) is 0 Å². The first-order chi connectivity index (χ1) is 18.7. The number of benzene rings is 3. The molecule has 0 heterocycles. The molecule has 0 saturated heterocycles. The van der Waals surface area contributed by atoms with Gasteiger partial charge >= 0.3 is 0 Å². The molecule has 1 aliphatic rings. The molecule has 0 saturated carbocycles. The van der Waals surface area contributed by atoms with E-state index in [0.29, 0.717) is 30.1 Å². The number of aryl methyl sites for hydroxylation is 1. The van der Waals surface area contributed by atoms with Gasteiger partial charge in [-0.3, -0.25) is 0 Å². The Kier molecular flexibility index (Phi) is 9.39. The van der Waals surface area contributed by atoms with Crippen LogP contribution in [0.25, 0.3) is 0 Å². The summed E-state index contributed by atoms with van der Waals surface area (Å²) >= 11 is 0. The Morgan fingerprint density at radius 3 is 2.51 bits per heavy atom. The van der Waals surface area contributed by atoms with Gasteiger partial charge in [0.2, 0.25) is 0 Å². The second kappa shape index (κ2) is 12.7. The molecule has 3 aromatic carbocycles. The van der Waals surface area contributed by atoms with Crippen LogP contribution in [0.15, 0.2) is 54.6 Å². The molecule has 4 rings (SSSR count). The predicted octanol–water partition coefficient (Wildman–Crippen LogP) is 7.12. The van der Waals surface area contributed by atoms with Crippen molar-refractivity contribution in [3.8, 4) is 17.2 Å². The van der Waals surface area contributed by atoms with Crippen LogP contribution < -0.4 is 14.4 Å². The number of halogens is 1. The zero-order valence-corrected chi connectivity index (χ0v) is 24.2. The summed E-state index contributed by atoms with van der Waals surface area (Å²) in [6.45, 7) is 10.5. The highest BCUT2D eigenvalue weighted by atomic mass is 19.1. The summed E-state index contributed by atoms with van der Waals surface area (Å²) in [4.78, 5) is 4.51. The van der Waals surface area contributed by atoms with E-state index in [9.17, 15) is 5.11 Å². The van der Waals surface area contributed by atoms with Crippen molar-refractivity contribution in [3.05, 3.63) is 82.7 Å². The normalized spacial score (nSPS) is 15.8. The number of rotatable bonds is 11. The second-order valence-corrected chi connectivity index (χ2v) is 10.9. The smallest absolute Gasteiger partial charge is 0.165 e. The van der Waals surface area contributed by atoms with Crippen molar-refractivity contribution in [3.63, 3.8) is 0 Å². The minimum Gasteiger partial charge on any atom is -0.508 e. The van der Waals surface area contributed by atoms with Gasteiger partial charge in [-0.05, 0) is 113 Å². The highest BCUT2D eigenvalue weighted by molar-refractivity contribution is 5.61. The first-order valence-electron chi connectivity index (χ1n) is 14.1. The third kappa shape index (κ3) is 6.67. The van der Waals surface area contributed by atoms with Gasteiger partial charge in [0.1, 0.15) is 18.1 Å². The van der Waals surface area contributed by atoms with Crippen LogP contribution in [0.5, 0.6) is 17.2 Å². The van der Waals surface area contributed by atoms with Crippen molar-refractivity contribution < 1.29 is 19.0 Å². The summed E-state index contributed by atoms with van der Waals surface area (Å²) in [6.07, 6.45) is 2.86. The molecule has 1 unspecified atom stereocenters. The molecule has 0 amide bonds. The summed E-state index contributed by atoms with van der Waals surface area (Å²) in [7, 11) is 3.73. The van der Waals surface area contributed by atoms with Gasteiger partial charge in [0, 0.05) is 30.9 Å². The van der Waals surface area contributed by atoms with E-state index in [1.165, 1.54) is 16.7 Å². The molecule has 0 bridgehead atoms. The maximum absolute atomic E-state index is 15.1. The number of phenols is 1. The molecule has 0 aliphatic heterocycles. The van der Waals surface area contributed by atoms with E-state index in [-0.39, 0.29) is 11.9 Å². The number of ether oxygens (including phenoxy) is 2. The average molecular weight is 535 g/mol. The summed E-state index contributed by atoms with van der Waals surface area (Å²) in [5.74, 6) is 1.44. The van der Waals surface area contributed by atoms with E-state index < -0.39 is 0 Å².